The smallest absolute Gasteiger partial charge is 0.435 e. The van der Waals surface area contributed by atoms with Crippen LogP contribution in [0, 0.1) is 0 Å². The third-order valence-corrected chi connectivity index (χ3v) is 4.73. The lowest BCUT2D eigenvalue weighted by atomic mass is 10.1. The predicted octanol–water partition coefficient (Wildman–Crippen LogP) is 5.79. The molecule has 2 aromatic carbocycles. The Kier molecular flexibility index (Phi) is 7.00. The van der Waals surface area contributed by atoms with Crippen molar-refractivity contribution in [1.29, 1.82) is 0 Å². The molecule has 0 atom stereocenters. The molecule has 0 aliphatic heterocycles. The molecule has 0 N–H and O–H groups in total. The maximum atomic E-state index is 13.2. The van der Waals surface area contributed by atoms with E-state index in [9.17, 15) is 26.3 Å². The summed E-state index contributed by atoms with van der Waals surface area (Å²) in [6.07, 6.45) is -9.32. The number of methoxy groups -OCH3 is 1. The molecule has 0 fully saturated rings. The fraction of sp³-hybridized carbons (Fsp3) is 0.318. The highest BCUT2D eigenvalue weighted by atomic mass is 19.4. The second-order valence-electron chi connectivity index (χ2n) is 6.94. The number of hydrogen-bond acceptors (Lipinski definition) is 3. The number of halogens is 6. The summed E-state index contributed by atoms with van der Waals surface area (Å²) in [4.78, 5) is 0. The van der Waals surface area contributed by atoms with Gasteiger partial charge in [0.05, 0.1) is 13.7 Å². The number of alkyl halides is 6. The van der Waals surface area contributed by atoms with E-state index in [1.807, 2.05) is 24.3 Å². The van der Waals surface area contributed by atoms with E-state index in [-0.39, 0.29) is 19.0 Å². The summed E-state index contributed by atoms with van der Waals surface area (Å²) < 4.78 is 89.3. The van der Waals surface area contributed by atoms with Crippen LogP contribution in [0.4, 0.5) is 26.3 Å². The Hall–Kier alpha value is -3.17. The van der Waals surface area contributed by atoms with Crippen molar-refractivity contribution in [2.24, 2.45) is 0 Å². The monoisotopic (exact) mass is 458 g/mol. The van der Waals surface area contributed by atoms with Crippen molar-refractivity contribution >= 4 is 0 Å². The molecule has 32 heavy (non-hydrogen) atoms. The van der Waals surface area contributed by atoms with Crippen molar-refractivity contribution in [1.82, 2.24) is 9.78 Å². The Morgan fingerprint density at radius 1 is 0.875 bits per heavy atom. The third-order valence-electron chi connectivity index (χ3n) is 4.73. The van der Waals surface area contributed by atoms with Gasteiger partial charge in [0, 0.05) is 19.0 Å². The van der Waals surface area contributed by atoms with Crippen molar-refractivity contribution in [3.8, 4) is 11.5 Å². The first-order valence-electron chi connectivity index (χ1n) is 9.64. The van der Waals surface area contributed by atoms with E-state index in [0.717, 1.165) is 11.3 Å². The SMILES string of the molecule is COc1ccc(CCOc2ccccc2CCn2nc(C(F)(F)F)cc2C(F)(F)F)cc1. The van der Waals surface area contributed by atoms with Crippen LogP contribution in [0.15, 0.2) is 54.6 Å². The predicted molar refractivity (Wildman–Crippen MR) is 105 cm³/mol. The van der Waals surface area contributed by atoms with Gasteiger partial charge in [0.15, 0.2) is 5.69 Å². The van der Waals surface area contributed by atoms with Crippen molar-refractivity contribution in [3.05, 3.63) is 77.1 Å². The van der Waals surface area contributed by atoms with E-state index in [1.54, 1.807) is 31.4 Å². The van der Waals surface area contributed by atoms with E-state index < -0.39 is 23.7 Å². The minimum atomic E-state index is -4.96. The van der Waals surface area contributed by atoms with Gasteiger partial charge in [0.1, 0.15) is 17.2 Å². The van der Waals surface area contributed by atoms with Gasteiger partial charge in [-0.2, -0.15) is 31.4 Å². The Labute approximate surface area is 180 Å². The molecule has 172 valence electrons. The first kappa shape index (κ1) is 23.5. The second-order valence-corrected chi connectivity index (χ2v) is 6.94. The molecule has 0 saturated heterocycles. The number of para-hydroxylation sites is 1. The molecule has 0 radical (unpaired) electrons. The molecule has 3 aromatic rings. The average Bonchev–Trinajstić information content (AvgIpc) is 3.19. The molecular weight excluding hydrogens is 438 g/mol. The number of rotatable bonds is 8. The van der Waals surface area contributed by atoms with Gasteiger partial charge in [-0.1, -0.05) is 30.3 Å². The summed E-state index contributed by atoms with van der Waals surface area (Å²) in [5.74, 6) is 1.18. The molecule has 1 aromatic heterocycles. The van der Waals surface area contributed by atoms with Gasteiger partial charge in [-0.25, -0.2) is 0 Å². The molecule has 0 bridgehead atoms. The number of hydrogen-bond donors (Lipinski definition) is 0. The maximum absolute atomic E-state index is 13.2. The molecule has 0 saturated carbocycles. The number of benzene rings is 2. The molecule has 4 nitrogen and oxygen atoms in total. The quantitative estimate of drug-likeness (QED) is 0.401. The standard InChI is InChI=1S/C22H20F6N2O2/c1-31-17-8-6-15(7-9-17)11-13-32-18-5-3-2-4-16(18)10-12-30-20(22(26,27)28)14-19(29-30)21(23,24)25/h2-9,14H,10-13H2,1H3. The third kappa shape index (κ3) is 5.95. The van der Waals surface area contributed by atoms with E-state index >= 15 is 0 Å². The minimum Gasteiger partial charge on any atom is -0.497 e. The molecule has 3 rings (SSSR count). The molecule has 0 aliphatic carbocycles. The lowest BCUT2D eigenvalue weighted by Crippen LogP contribution is -2.16. The van der Waals surface area contributed by atoms with Gasteiger partial charge in [-0.05, 0) is 35.7 Å². The molecule has 0 unspecified atom stereocenters. The zero-order valence-electron chi connectivity index (χ0n) is 17.0. The molecule has 0 aliphatic rings. The van der Waals surface area contributed by atoms with E-state index in [0.29, 0.717) is 29.0 Å². The highest BCUT2D eigenvalue weighted by Gasteiger charge is 2.41. The lowest BCUT2D eigenvalue weighted by molar-refractivity contribution is -0.144. The van der Waals surface area contributed by atoms with Gasteiger partial charge < -0.3 is 9.47 Å². The van der Waals surface area contributed by atoms with E-state index in [4.69, 9.17) is 9.47 Å². The largest absolute Gasteiger partial charge is 0.497 e. The molecule has 10 heteroatoms. The number of aryl methyl sites for hydroxylation is 2. The van der Waals surface area contributed by atoms with Crippen molar-refractivity contribution in [2.75, 3.05) is 13.7 Å². The van der Waals surface area contributed by atoms with Crippen molar-refractivity contribution < 1.29 is 35.8 Å². The summed E-state index contributed by atoms with van der Waals surface area (Å²) in [7, 11) is 1.57. The maximum Gasteiger partial charge on any atom is 0.435 e. The van der Waals surface area contributed by atoms with Crippen LogP contribution in [0.2, 0.25) is 0 Å². The number of aromatic nitrogens is 2. The number of ether oxygens (including phenoxy) is 2. The van der Waals surface area contributed by atoms with Gasteiger partial charge in [-0.3, -0.25) is 4.68 Å². The van der Waals surface area contributed by atoms with Crippen LogP contribution in [-0.4, -0.2) is 23.5 Å². The Morgan fingerprint density at radius 3 is 2.19 bits per heavy atom. The first-order valence-corrected chi connectivity index (χ1v) is 9.64. The van der Waals surface area contributed by atoms with Crippen LogP contribution in [0.1, 0.15) is 22.5 Å². The highest BCUT2D eigenvalue weighted by molar-refractivity contribution is 5.34. The summed E-state index contributed by atoms with van der Waals surface area (Å²) in [5.41, 5.74) is -1.44. The average molecular weight is 458 g/mol. The Balaban J connectivity index is 1.68. The van der Waals surface area contributed by atoms with Crippen LogP contribution in [-0.2, 0) is 31.7 Å². The lowest BCUT2D eigenvalue weighted by Gasteiger charge is -2.13. The zero-order valence-corrected chi connectivity index (χ0v) is 17.0. The molecule has 0 spiro atoms. The van der Waals surface area contributed by atoms with Crippen molar-refractivity contribution in [2.45, 2.75) is 31.7 Å². The first-order chi connectivity index (χ1) is 15.1. The zero-order chi connectivity index (χ0) is 23.4. The van der Waals surface area contributed by atoms with E-state index in [1.165, 1.54) is 0 Å². The van der Waals surface area contributed by atoms with Crippen LogP contribution in [0.3, 0.4) is 0 Å². The van der Waals surface area contributed by atoms with Crippen LogP contribution >= 0.6 is 0 Å². The van der Waals surface area contributed by atoms with Gasteiger partial charge in [-0.15, -0.1) is 0 Å². The summed E-state index contributed by atoms with van der Waals surface area (Å²) in [5, 5.41) is 3.13. The summed E-state index contributed by atoms with van der Waals surface area (Å²) >= 11 is 0. The van der Waals surface area contributed by atoms with E-state index in [2.05, 4.69) is 5.10 Å². The molecule has 0 amide bonds. The van der Waals surface area contributed by atoms with Gasteiger partial charge in [0.2, 0.25) is 0 Å². The highest BCUT2D eigenvalue weighted by Crippen LogP contribution is 2.35. The minimum absolute atomic E-state index is 0.0146. The fourth-order valence-electron chi connectivity index (χ4n) is 3.10. The van der Waals surface area contributed by atoms with Crippen LogP contribution in [0.5, 0.6) is 11.5 Å². The molecular formula is C22H20F6N2O2. The van der Waals surface area contributed by atoms with Crippen molar-refractivity contribution in [3.63, 3.8) is 0 Å². The normalized spacial score (nSPS) is 12.1. The Morgan fingerprint density at radius 2 is 1.56 bits per heavy atom. The fourth-order valence-corrected chi connectivity index (χ4v) is 3.10. The topological polar surface area (TPSA) is 36.3 Å². The summed E-state index contributed by atoms with van der Waals surface area (Å²) in [6.45, 7) is -0.0685. The summed E-state index contributed by atoms with van der Waals surface area (Å²) in [6, 6.07) is 14.2. The number of nitrogens with zero attached hydrogens (tertiary/aromatic N) is 2. The Bertz CT molecular complexity index is 1030. The molecule has 1 heterocycles. The van der Waals surface area contributed by atoms with Crippen LogP contribution in [0.25, 0.3) is 0 Å². The second kappa shape index (κ2) is 9.54. The van der Waals surface area contributed by atoms with Crippen LogP contribution < -0.4 is 9.47 Å². The van der Waals surface area contributed by atoms with Gasteiger partial charge in [0.25, 0.3) is 0 Å². The van der Waals surface area contributed by atoms with Gasteiger partial charge >= 0.3 is 12.4 Å².